The molecule has 2 atom stereocenters. The Balaban J connectivity index is 2.34. The van der Waals surface area contributed by atoms with Crippen molar-refractivity contribution in [2.75, 3.05) is 6.54 Å². The Hall–Kier alpha value is -1.51. The quantitative estimate of drug-likeness (QED) is 0.606. The zero-order valence-electron chi connectivity index (χ0n) is 13.2. The second kappa shape index (κ2) is 7.37. The van der Waals surface area contributed by atoms with Gasteiger partial charge >= 0.3 is 0 Å². The van der Waals surface area contributed by atoms with E-state index in [1.165, 1.54) is 12.1 Å². The summed E-state index contributed by atoms with van der Waals surface area (Å²) in [6.07, 6.45) is 4.15. The third-order valence-electron chi connectivity index (χ3n) is 4.45. The molecule has 128 valence electrons. The lowest BCUT2D eigenvalue weighted by molar-refractivity contribution is -0.385. The zero-order chi connectivity index (χ0) is 17.0. The molecule has 0 spiro atoms. The normalized spacial score (nSPS) is 22.0. The lowest BCUT2D eigenvalue weighted by atomic mass is 9.85. The van der Waals surface area contributed by atoms with Gasteiger partial charge in [-0.05, 0) is 37.3 Å². The molecule has 0 aromatic heterocycles. The van der Waals surface area contributed by atoms with Crippen LogP contribution in [0.5, 0.6) is 0 Å². The monoisotopic (exact) mass is 341 g/mol. The van der Waals surface area contributed by atoms with Crippen LogP contribution in [0.3, 0.4) is 0 Å². The Bertz CT molecular complexity index is 675. The van der Waals surface area contributed by atoms with Crippen LogP contribution >= 0.6 is 0 Å². The predicted molar refractivity (Wildman–Crippen MR) is 87.6 cm³/mol. The minimum Gasteiger partial charge on any atom is -0.330 e. The molecule has 1 aliphatic carbocycles. The fraction of sp³-hybridized carbons (Fsp3) is 0.600. The van der Waals surface area contributed by atoms with E-state index in [2.05, 4.69) is 4.72 Å². The summed E-state index contributed by atoms with van der Waals surface area (Å²) in [4.78, 5) is 10.4. The summed E-state index contributed by atoms with van der Waals surface area (Å²) in [6, 6.07) is 3.78. The van der Waals surface area contributed by atoms with Crippen molar-refractivity contribution >= 4 is 15.7 Å². The van der Waals surface area contributed by atoms with Gasteiger partial charge in [-0.2, -0.15) is 0 Å². The number of aryl methyl sites for hydroxylation is 1. The second-order valence-corrected chi connectivity index (χ2v) is 7.59. The molecule has 1 aromatic rings. The fourth-order valence-corrected chi connectivity index (χ4v) is 4.78. The Morgan fingerprint density at radius 2 is 2.04 bits per heavy atom. The Kier molecular flexibility index (Phi) is 5.72. The van der Waals surface area contributed by atoms with Crippen molar-refractivity contribution in [2.24, 2.45) is 11.7 Å². The largest absolute Gasteiger partial charge is 0.330 e. The second-order valence-electron chi connectivity index (χ2n) is 5.91. The molecule has 1 aromatic carbocycles. The van der Waals surface area contributed by atoms with E-state index in [4.69, 9.17) is 5.73 Å². The summed E-state index contributed by atoms with van der Waals surface area (Å²) >= 11 is 0. The third kappa shape index (κ3) is 4.07. The Morgan fingerprint density at radius 3 is 2.65 bits per heavy atom. The maximum absolute atomic E-state index is 12.7. The van der Waals surface area contributed by atoms with Crippen LogP contribution < -0.4 is 10.5 Å². The number of benzene rings is 1. The van der Waals surface area contributed by atoms with Crippen LogP contribution in [0.4, 0.5) is 5.69 Å². The Labute approximate surface area is 136 Å². The average molecular weight is 341 g/mol. The topological polar surface area (TPSA) is 115 Å². The SMILES string of the molecule is CCc1ccc([N+](=O)[O-])cc1S(=O)(=O)NC1CCCCC1CN. The Morgan fingerprint density at radius 1 is 1.35 bits per heavy atom. The molecule has 2 rings (SSSR count). The molecule has 3 N–H and O–H groups in total. The van der Waals surface area contributed by atoms with Gasteiger partial charge in [-0.15, -0.1) is 0 Å². The smallest absolute Gasteiger partial charge is 0.270 e. The molecule has 1 aliphatic rings. The van der Waals surface area contributed by atoms with Gasteiger partial charge in [-0.25, -0.2) is 13.1 Å². The van der Waals surface area contributed by atoms with Crippen molar-refractivity contribution < 1.29 is 13.3 Å². The van der Waals surface area contributed by atoms with Crippen LogP contribution in [0.2, 0.25) is 0 Å². The molecule has 8 heteroatoms. The third-order valence-corrected chi connectivity index (χ3v) is 6.02. The first-order valence-corrected chi connectivity index (χ1v) is 9.37. The number of rotatable bonds is 6. The molecule has 0 radical (unpaired) electrons. The van der Waals surface area contributed by atoms with Gasteiger partial charge in [-0.1, -0.05) is 25.8 Å². The van der Waals surface area contributed by atoms with E-state index in [9.17, 15) is 18.5 Å². The summed E-state index contributed by atoms with van der Waals surface area (Å²) in [5, 5.41) is 10.9. The van der Waals surface area contributed by atoms with Crippen molar-refractivity contribution in [3.8, 4) is 0 Å². The maximum atomic E-state index is 12.7. The van der Waals surface area contributed by atoms with E-state index in [-0.39, 0.29) is 22.5 Å². The number of nitrogens with zero attached hydrogens (tertiary/aromatic N) is 1. The highest BCUT2D eigenvalue weighted by atomic mass is 32.2. The molecule has 0 amide bonds. The number of nitro groups is 1. The van der Waals surface area contributed by atoms with Crippen molar-refractivity contribution in [3.63, 3.8) is 0 Å². The molecular formula is C15H23N3O4S. The van der Waals surface area contributed by atoms with Crippen LogP contribution in [-0.2, 0) is 16.4 Å². The van der Waals surface area contributed by atoms with Crippen molar-refractivity contribution in [3.05, 3.63) is 33.9 Å². The first-order chi connectivity index (χ1) is 10.9. The van der Waals surface area contributed by atoms with Gasteiger partial charge in [0.1, 0.15) is 0 Å². The molecule has 0 aliphatic heterocycles. The summed E-state index contributed by atoms with van der Waals surface area (Å²) in [5.41, 5.74) is 6.10. The number of sulfonamides is 1. The van der Waals surface area contributed by atoms with Crippen LogP contribution in [0, 0.1) is 16.0 Å². The summed E-state index contributed by atoms with van der Waals surface area (Å²) in [5.74, 6) is 0.113. The molecular weight excluding hydrogens is 318 g/mol. The van der Waals surface area contributed by atoms with E-state index in [1.54, 1.807) is 0 Å². The lowest BCUT2D eigenvalue weighted by Crippen LogP contribution is -2.44. The molecule has 23 heavy (non-hydrogen) atoms. The van der Waals surface area contributed by atoms with Gasteiger partial charge in [0.2, 0.25) is 10.0 Å². The highest BCUT2D eigenvalue weighted by Gasteiger charge is 2.30. The van der Waals surface area contributed by atoms with Gasteiger partial charge in [-0.3, -0.25) is 10.1 Å². The first-order valence-electron chi connectivity index (χ1n) is 7.88. The van der Waals surface area contributed by atoms with E-state index < -0.39 is 14.9 Å². The van der Waals surface area contributed by atoms with E-state index in [0.29, 0.717) is 18.5 Å². The fourth-order valence-electron chi connectivity index (χ4n) is 3.11. The molecule has 1 fully saturated rings. The van der Waals surface area contributed by atoms with Gasteiger partial charge < -0.3 is 5.73 Å². The number of nitrogens with one attached hydrogen (secondary N) is 1. The molecule has 2 unspecified atom stereocenters. The van der Waals surface area contributed by atoms with Crippen LogP contribution in [0.25, 0.3) is 0 Å². The van der Waals surface area contributed by atoms with Crippen LogP contribution in [0.1, 0.15) is 38.2 Å². The average Bonchev–Trinajstić information content (AvgIpc) is 2.54. The minimum absolute atomic E-state index is 0.00413. The molecule has 1 saturated carbocycles. The van der Waals surface area contributed by atoms with Gasteiger partial charge in [0.15, 0.2) is 0 Å². The van der Waals surface area contributed by atoms with Crippen molar-refractivity contribution in [2.45, 2.75) is 50.0 Å². The van der Waals surface area contributed by atoms with Crippen LogP contribution in [0.15, 0.2) is 23.1 Å². The van der Waals surface area contributed by atoms with Gasteiger partial charge in [0, 0.05) is 18.2 Å². The highest BCUT2D eigenvalue weighted by molar-refractivity contribution is 7.89. The number of hydrogen-bond acceptors (Lipinski definition) is 5. The maximum Gasteiger partial charge on any atom is 0.270 e. The highest BCUT2D eigenvalue weighted by Crippen LogP contribution is 2.27. The minimum atomic E-state index is -3.81. The van der Waals surface area contributed by atoms with Crippen LogP contribution in [-0.4, -0.2) is 25.9 Å². The van der Waals surface area contributed by atoms with Crippen molar-refractivity contribution in [1.82, 2.24) is 4.72 Å². The number of hydrogen-bond donors (Lipinski definition) is 2. The molecule has 0 heterocycles. The van der Waals surface area contributed by atoms with Gasteiger partial charge in [0.05, 0.1) is 9.82 Å². The van der Waals surface area contributed by atoms with E-state index >= 15 is 0 Å². The standard InChI is InChI=1S/C15H23N3O4S/c1-2-11-7-8-13(18(19)20)9-15(11)23(21,22)17-14-6-4-3-5-12(14)10-16/h7-9,12,14,17H,2-6,10,16H2,1H3. The van der Waals surface area contributed by atoms with E-state index in [0.717, 1.165) is 31.7 Å². The summed E-state index contributed by atoms with van der Waals surface area (Å²) in [6.45, 7) is 2.26. The molecule has 0 bridgehead atoms. The van der Waals surface area contributed by atoms with Crippen molar-refractivity contribution in [1.29, 1.82) is 0 Å². The first kappa shape index (κ1) is 17.8. The predicted octanol–water partition coefficient (Wildman–Crippen LogP) is 1.95. The summed E-state index contributed by atoms with van der Waals surface area (Å²) < 4.78 is 28.2. The number of nitro benzene ring substituents is 1. The zero-order valence-corrected chi connectivity index (χ0v) is 14.0. The van der Waals surface area contributed by atoms with E-state index in [1.807, 2.05) is 6.92 Å². The number of non-ortho nitro benzene ring substituents is 1. The number of nitrogens with two attached hydrogens (primary N) is 1. The molecule has 7 nitrogen and oxygen atoms in total. The summed E-state index contributed by atoms with van der Waals surface area (Å²) in [7, 11) is -3.81. The lowest BCUT2D eigenvalue weighted by Gasteiger charge is -2.31. The van der Waals surface area contributed by atoms with Gasteiger partial charge in [0.25, 0.3) is 5.69 Å². The molecule has 0 saturated heterocycles.